The molecular weight excluding hydrogens is 434 g/mol. The molecule has 11 N–H and O–H groups in total. The molecule has 33 heavy (non-hydrogen) atoms. The van der Waals surface area contributed by atoms with Gasteiger partial charge in [-0.05, 0) is 18.8 Å². The Labute approximate surface area is 191 Å². The number of nitrogens with two attached hydrogens (primary N) is 3. The minimum Gasteiger partial charge on any atom is -0.480 e. The van der Waals surface area contributed by atoms with Gasteiger partial charge in [-0.3, -0.25) is 24.2 Å². The molecule has 0 fully saturated rings. The van der Waals surface area contributed by atoms with Gasteiger partial charge in [0.05, 0.1) is 12.4 Å². The molecule has 0 aliphatic carbocycles. The average molecular weight is 468 g/mol. The maximum Gasteiger partial charge on any atom is 0.322 e. The smallest absolute Gasteiger partial charge is 0.322 e. The zero-order valence-corrected chi connectivity index (χ0v) is 18.7. The van der Waals surface area contributed by atoms with Crippen LogP contribution in [0.2, 0.25) is 0 Å². The van der Waals surface area contributed by atoms with Crippen LogP contribution in [0.5, 0.6) is 0 Å². The largest absolute Gasteiger partial charge is 0.480 e. The molecule has 3 atom stereocenters. The Kier molecular flexibility index (Phi) is 11.3. The van der Waals surface area contributed by atoms with Gasteiger partial charge in [-0.25, -0.2) is 4.98 Å². The van der Waals surface area contributed by atoms with Gasteiger partial charge in [-0.2, -0.15) is 0 Å². The molecule has 1 rings (SSSR count). The zero-order chi connectivity index (χ0) is 25.0. The highest BCUT2D eigenvalue weighted by Gasteiger charge is 2.29. The van der Waals surface area contributed by atoms with Crippen LogP contribution >= 0.6 is 0 Å². The molecule has 3 unspecified atom stereocenters. The molecule has 0 radical (unpaired) electrons. The predicted octanol–water partition coefficient (Wildman–Crippen LogP) is -2.84. The van der Waals surface area contributed by atoms with Crippen molar-refractivity contribution in [2.45, 2.75) is 51.2 Å². The second kappa shape index (κ2) is 13.7. The van der Waals surface area contributed by atoms with Crippen molar-refractivity contribution in [2.24, 2.45) is 28.1 Å². The third kappa shape index (κ3) is 10.5. The molecule has 1 aromatic heterocycles. The summed E-state index contributed by atoms with van der Waals surface area (Å²) < 4.78 is 0. The number of amides is 3. The average Bonchev–Trinajstić information content (AvgIpc) is 3.25. The first kappa shape index (κ1) is 27.4. The first-order valence-electron chi connectivity index (χ1n) is 10.4. The fourth-order valence-corrected chi connectivity index (χ4v) is 2.73. The molecule has 14 heteroatoms. The van der Waals surface area contributed by atoms with Crippen molar-refractivity contribution in [3.05, 3.63) is 18.2 Å². The van der Waals surface area contributed by atoms with Gasteiger partial charge in [0.2, 0.25) is 17.7 Å². The lowest BCUT2D eigenvalue weighted by molar-refractivity contribution is -0.138. The molecule has 1 heterocycles. The summed E-state index contributed by atoms with van der Waals surface area (Å²) in [6.07, 6.45) is 3.44. The summed E-state index contributed by atoms with van der Waals surface area (Å²) in [5, 5.41) is 16.2. The molecule has 0 spiro atoms. The van der Waals surface area contributed by atoms with Crippen LogP contribution in [0.25, 0.3) is 0 Å². The number of guanidine groups is 1. The van der Waals surface area contributed by atoms with Crippen molar-refractivity contribution >= 4 is 29.7 Å². The van der Waals surface area contributed by atoms with Crippen molar-refractivity contribution in [3.63, 3.8) is 0 Å². The summed E-state index contributed by atoms with van der Waals surface area (Å²) in [5.41, 5.74) is 17.0. The van der Waals surface area contributed by atoms with E-state index in [0.717, 1.165) is 0 Å². The quantitative estimate of drug-likeness (QED) is 0.0796. The lowest BCUT2D eigenvalue weighted by Crippen LogP contribution is -2.57. The zero-order valence-electron chi connectivity index (χ0n) is 18.7. The van der Waals surface area contributed by atoms with Crippen LogP contribution < -0.4 is 33.2 Å². The Morgan fingerprint density at radius 3 is 2.33 bits per heavy atom. The number of rotatable bonds is 14. The van der Waals surface area contributed by atoms with E-state index in [4.69, 9.17) is 22.3 Å². The van der Waals surface area contributed by atoms with E-state index in [2.05, 4.69) is 30.9 Å². The van der Waals surface area contributed by atoms with E-state index in [9.17, 15) is 19.2 Å². The van der Waals surface area contributed by atoms with Gasteiger partial charge in [-0.15, -0.1) is 0 Å². The Balaban J connectivity index is 2.97. The number of aliphatic imine (C=N–C) groups is 1. The Bertz CT molecular complexity index is 822. The van der Waals surface area contributed by atoms with E-state index < -0.39 is 48.4 Å². The van der Waals surface area contributed by atoms with Crippen LogP contribution in [-0.4, -0.2) is 75.9 Å². The SMILES string of the molecule is CC(C)C(N)C(=O)NC(CCCN=C(N)N)C(=O)NC(Cc1cnc[nH]1)C(=O)NCC(=O)O. The van der Waals surface area contributed by atoms with Crippen LogP contribution in [0.3, 0.4) is 0 Å². The fourth-order valence-electron chi connectivity index (χ4n) is 2.73. The van der Waals surface area contributed by atoms with Gasteiger partial charge in [0.1, 0.15) is 18.6 Å². The van der Waals surface area contributed by atoms with Crippen molar-refractivity contribution in [1.29, 1.82) is 0 Å². The Hall–Kier alpha value is -3.68. The first-order valence-corrected chi connectivity index (χ1v) is 10.4. The van der Waals surface area contributed by atoms with Crippen molar-refractivity contribution in [2.75, 3.05) is 13.1 Å². The Morgan fingerprint density at radius 1 is 1.12 bits per heavy atom. The lowest BCUT2D eigenvalue weighted by atomic mass is 10.0. The van der Waals surface area contributed by atoms with Gasteiger partial charge in [-0.1, -0.05) is 13.8 Å². The molecule has 0 saturated heterocycles. The first-order chi connectivity index (χ1) is 15.5. The van der Waals surface area contributed by atoms with Crippen molar-refractivity contribution in [3.8, 4) is 0 Å². The predicted molar refractivity (Wildman–Crippen MR) is 120 cm³/mol. The summed E-state index contributed by atoms with van der Waals surface area (Å²) in [6, 6.07) is -2.97. The second-order valence-electron chi connectivity index (χ2n) is 7.73. The Morgan fingerprint density at radius 2 is 1.79 bits per heavy atom. The van der Waals surface area contributed by atoms with Gasteiger partial charge in [0.15, 0.2) is 5.96 Å². The standard InChI is InChI=1S/C19H33N9O5/c1-10(2)15(20)18(33)27-12(4-3-5-24-19(21)22)17(32)28-13(6-11-7-23-9-26-11)16(31)25-8-14(29)30/h7,9-10,12-13,15H,3-6,8,20H2,1-2H3,(H,23,26)(H,25,31)(H,27,33)(H,28,32)(H,29,30)(H4,21,22,24). The molecule has 0 aromatic carbocycles. The number of nitrogens with zero attached hydrogens (tertiary/aromatic N) is 2. The number of carboxylic acids is 1. The molecular formula is C19H33N9O5. The molecule has 0 bridgehead atoms. The number of carboxylic acid groups (broad SMARTS) is 1. The van der Waals surface area contributed by atoms with Crippen LogP contribution in [0.4, 0.5) is 0 Å². The number of nitrogens with one attached hydrogen (secondary N) is 4. The van der Waals surface area contributed by atoms with E-state index in [1.807, 2.05) is 0 Å². The number of carbonyl (C=O) groups excluding carboxylic acids is 3. The number of hydrogen-bond donors (Lipinski definition) is 8. The lowest BCUT2D eigenvalue weighted by Gasteiger charge is -2.24. The van der Waals surface area contributed by atoms with Gasteiger partial charge < -0.3 is 43.2 Å². The number of hydrogen-bond acceptors (Lipinski definition) is 7. The number of aliphatic carboxylic acids is 1. The highest BCUT2D eigenvalue weighted by atomic mass is 16.4. The molecule has 0 aliphatic rings. The number of imidazole rings is 1. The highest BCUT2D eigenvalue weighted by molar-refractivity contribution is 5.93. The van der Waals surface area contributed by atoms with E-state index in [1.165, 1.54) is 12.5 Å². The van der Waals surface area contributed by atoms with Crippen LogP contribution in [-0.2, 0) is 25.6 Å². The molecule has 1 aromatic rings. The normalized spacial score (nSPS) is 13.5. The van der Waals surface area contributed by atoms with Gasteiger partial charge in [0, 0.05) is 24.9 Å². The van der Waals surface area contributed by atoms with Crippen molar-refractivity contribution in [1.82, 2.24) is 25.9 Å². The molecule has 0 saturated carbocycles. The maximum atomic E-state index is 13.0. The van der Waals surface area contributed by atoms with E-state index >= 15 is 0 Å². The van der Waals surface area contributed by atoms with Gasteiger partial charge in [0.25, 0.3) is 0 Å². The monoisotopic (exact) mass is 467 g/mol. The second-order valence-corrected chi connectivity index (χ2v) is 7.73. The van der Waals surface area contributed by atoms with Crippen molar-refractivity contribution < 1.29 is 24.3 Å². The number of H-pyrrole nitrogens is 1. The summed E-state index contributed by atoms with van der Waals surface area (Å²) in [6.45, 7) is 3.15. The minimum absolute atomic E-state index is 0.0252. The number of carbonyl (C=O) groups is 4. The summed E-state index contributed by atoms with van der Waals surface area (Å²) in [4.78, 5) is 59.3. The highest BCUT2D eigenvalue weighted by Crippen LogP contribution is 2.05. The summed E-state index contributed by atoms with van der Waals surface area (Å²) >= 11 is 0. The van der Waals surface area contributed by atoms with Crippen LogP contribution in [0.1, 0.15) is 32.4 Å². The van der Waals surface area contributed by atoms with E-state index in [1.54, 1.807) is 13.8 Å². The topological polar surface area (TPSA) is 244 Å². The molecule has 0 aliphatic heterocycles. The van der Waals surface area contributed by atoms with Gasteiger partial charge >= 0.3 is 5.97 Å². The van der Waals surface area contributed by atoms with E-state index in [-0.39, 0.29) is 31.3 Å². The number of aromatic amines is 1. The molecule has 184 valence electrons. The third-order valence-electron chi connectivity index (χ3n) is 4.62. The summed E-state index contributed by atoms with van der Waals surface area (Å²) in [7, 11) is 0. The van der Waals surface area contributed by atoms with Crippen LogP contribution in [0, 0.1) is 5.92 Å². The van der Waals surface area contributed by atoms with Crippen LogP contribution in [0.15, 0.2) is 17.5 Å². The van der Waals surface area contributed by atoms with E-state index in [0.29, 0.717) is 12.1 Å². The fraction of sp³-hybridized carbons (Fsp3) is 0.579. The minimum atomic E-state index is -1.23. The molecule has 3 amide bonds. The molecule has 14 nitrogen and oxygen atoms in total. The summed E-state index contributed by atoms with van der Waals surface area (Å²) in [5.74, 6) is -3.36. The maximum absolute atomic E-state index is 13.0. The third-order valence-corrected chi connectivity index (χ3v) is 4.62. The number of aromatic nitrogens is 2.